The van der Waals surface area contributed by atoms with Gasteiger partial charge in [-0.2, -0.15) is 0 Å². The van der Waals surface area contributed by atoms with Crippen molar-refractivity contribution in [2.75, 3.05) is 5.73 Å². The van der Waals surface area contributed by atoms with Gasteiger partial charge in [-0.3, -0.25) is 0 Å². The Morgan fingerprint density at radius 3 is 1.54 bits per heavy atom. The quantitative estimate of drug-likeness (QED) is 0.447. The number of hydrogen-bond donors (Lipinski definition) is 1. The second-order valence-corrected chi connectivity index (χ2v) is 10.3. The van der Waals surface area contributed by atoms with Crippen LogP contribution in [0.4, 0.5) is 5.69 Å². The molecule has 0 heterocycles. The third-order valence-electron chi connectivity index (χ3n) is 5.63. The molecule has 1 aromatic carbocycles. The van der Waals surface area contributed by atoms with Gasteiger partial charge < -0.3 is 5.73 Å². The topological polar surface area (TPSA) is 26.0 Å². The van der Waals surface area contributed by atoms with E-state index in [2.05, 4.69) is 67.5 Å². The van der Waals surface area contributed by atoms with Crippen LogP contribution in [0.15, 0.2) is 12.1 Å². The molecule has 2 N–H and O–H groups in total. The van der Waals surface area contributed by atoms with Gasteiger partial charge in [0, 0.05) is 5.69 Å². The predicted molar refractivity (Wildman–Crippen MR) is 119 cm³/mol. The van der Waals surface area contributed by atoms with E-state index in [4.69, 9.17) is 5.73 Å². The SMILES string of the molecule is CCCCC(CCCC)CCc1cc(C(C)(C)C)c(N)c(C(C)(C)C)c1. The minimum absolute atomic E-state index is 0.0872. The van der Waals surface area contributed by atoms with Crippen molar-refractivity contribution in [3.8, 4) is 0 Å². The summed E-state index contributed by atoms with van der Waals surface area (Å²) in [7, 11) is 0. The van der Waals surface area contributed by atoms with Crippen molar-refractivity contribution in [1.29, 1.82) is 0 Å². The zero-order valence-corrected chi connectivity index (χ0v) is 19.0. The molecular weight excluding hydrogens is 314 g/mol. The van der Waals surface area contributed by atoms with Gasteiger partial charge in [0.1, 0.15) is 0 Å². The number of anilines is 1. The van der Waals surface area contributed by atoms with Crippen molar-refractivity contribution >= 4 is 5.69 Å². The molecule has 0 aliphatic rings. The Hall–Kier alpha value is -0.980. The van der Waals surface area contributed by atoms with Crippen molar-refractivity contribution < 1.29 is 0 Å². The van der Waals surface area contributed by atoms with Crippen LogP contribution in [0.3, 0.4) is 0 Å². The minimum Gasteiger partial charge on any atom is -0.398 e. The van der Waals surface area contributed by atoms with Crippen LogP contribution >= 0.6 is 0 Å². The van der Waals surface area contributed by atoms with Crippen LogP contribution in [-0.2, 0) is 17.3 Å². The maximum absolute atomic E-state index is 6.61. The number of nitrogens with two attached hydrogens (primary N) is 1. The predicted octanol–water partition coefficient (Wildman–Crippen LogP) is 7.79. The molecule has 150 valence electrons. The van der Waals surface area contributed by atoms with Crippen molar-refractivity contribution in [2.24, 2.45) is 5.92 Å². The van der Waals surface area contributed by atoms with E-state index in [1.807, 2.05) is 0 Å². The minimum atomic E-state index is 0.0872. The number of hydrogen-bond acceptors (Lipinski definition) is 1. The maximum atomic E-state index is 6.61. The van der Waals surface area contributed by atoms with Crippen LogP contribution in [0.25, 0.3) is 0 Å². The summed E-state index contributed by atoms with van der Waals surface area (Å²) in [5, 5.41) is 0. The highest BCUT2D eigenvalue weighted by molar-refractivity contribution is 5.60. The molecule has 0 atom stereocenters. The monoisotopic (exact) mass is 359 g/mol. The number of aryl methyl sites for hydroxylation is 1. The van der Waals surface area contributed by atoms with E-state index in [1.54, 1.807) is 0 Å². The van der Waals surface area contributed by atoms with Crippen LogP contribution in [0.1, 0.15) is 117 Å². The molecule has 0 unspecified atom stereocenters. The fourth-order valence-corrected chi connectivity index (χ4v) is 3.89. The summed E-state index contributed by atoms with van der Waals surface area (Å²) < 4.78 is 0. The van der Waals surface area contributed by atoms with E-state index < -0.39 is 0 Å². The van der Waals surface area contributed by atoms with Crippen LogP contribution in [0.2, 0.25) is 0 Å². The fraction of sp³-hybridized carbons (Fsp3) is 0.760. The average Bonchev–Trinajstić information content (AvgIpc) is 2.53. The lowest BCUT2D eigenvalue weighted by Crippen LogP contribution is -2.21. The smallest absolute Gasteiger partial charge is 0.0390 e. The molecular formula is C25H45N. The Bertz CT molecular complexity index is 499. The lowest BCUT2D eigenvalue weighted by molar-refractivity contribution is 0.393. The third kappa shape index (κ3) is 6.97. The molecule has 0 saturated carbocycles. The van der Waals surface area contributed by atoms with Gasteiger partial charge in [-0.15, -0.1) is 0 Å². The zero-order valence-electron chi connectivity index (χ0n) is 19.0. The van der Waals surface area contributed by atoms with Gasteiger partial charge >= 0.3 is 0 Å². The molecule has 0 aliphatic heterocycles. The van der Waals surface area contributed by atoms with Crippen molar-refractivity contribution in [3.05, 3.63) is 28.8 Å². The normalized spacial score (nSPS) is 12.8. The summed E-state index contributed by atoms with van der Waals surface area (Å²) in [5.74, 6) is 0.878. The zero-order chi connectivity index (χ0) is 20.0. The first kappa shape index (κ1) is 23.1. The van der Waals surface area contributed by atoms with Crippen LogP contribution < -0.4 is 5.73 Å². The molecule has 1 heteroatoms. The summed E-state index contributed by atoms with van der Waals surface area (Å²) in [6.07, 6.45) is 10.7. The standard InChI is InChI=1S/C25H45N/c1-9-11-13-19(14-12-10-2)15-16-20-17-21(24(3,4)5)23(26)22(18-20)25(6,7)8/h17-19H,9-16,26H2,1-8H3. The molecule has 1 aromatic rings. The lowest BCUT2D eigenvalue weighted by Gasteiger charge is -2.29. The van der Waals surface area contributed by atoms with Gasteiger partial charge in [0.05, 0.1) is 0 Å². The highest BCUT2D eigenvalue weighted by Crippen LogP contribution is 2.37. The van der Waals surface area contributed by atoms with Gasteiger partial charge in [0.15, 0.2) is 0 Å². The molecule has 1 rings (SSSR count). The van der Waals surface area contributed by atoms with Crippen LogP contribution in [-0.4, -0.2) is 0 Å². The first-order chi connectivity index (χ1) is 12.0. The number of benzene rings is 1. The highest BCUT2D eigenvalue weighted by Gasteiger charge is 2.25. The van der Waals surface area contributed by atoms with E-state index in [1.165, 1.54) is 68.1 Å². The number of unbranched alkanes of at least 4 members (excludes halogenated alkanes) is 2. The Morgan fingerprint density at radius 2 is 1.19 bits per heavy atom. The molecule has 0 amide bonds. The molecule has 0 aromatic heterocycles. The molecule has 1 nitrogen and oxygen atoms in total. The van der Waals surface area contributed by atoms with Gasteiger partial charge in [-0.1, -0.05) is 106 Å². The van der Waals surface area contributed by atoms with Gasteiger partial charge in [0.25, 0.3) is 0 Å². The van der Waals surface area contributed by atoms with Crippen LogP contribution in [0.5, 0.6) is 0 Å². The fourth-order valence-electron chi connectivity index (χ4n) is 3.89. The van der Waals surface area contributed by atoms with Crippen molar-refractivity contribution in [3.63, 3.8) is 0 Å². The first-order valence-corrected chi connectivity index (χ1v) is 10.9. The maximum Gasteiger partial charge on any atom is 0.0390 e. The summed E-state index contributed by atoms with van der Waals surface area (Å²) in [5.41, 5.74) is 11.9. The molecule has 0 saturated heterocycles. The highest BCUT2D eigenvalue weighted by atomic mass is 14.6. The second kappa shape index (κ2) is 9.81. The van der Waals surface area contributed by atoms with Gasteiger partial charge in [-0.05, 0) is 46.3 Å². The summed E-state index contributed by atoms with van der Waals surface area (Å²) in [4.78, 5) is 0. The number of nitrogen functional groups attached to an aromatic ring is 1. The van der Waals surface area contributed by atoms with Gasteiger partial charge in [0.2, 0.25) is 0 Å². The Morgan fingerprint density at radius 1 is 0.769 bits per heavy atom. The van der Waals surface area contributed by atoms with E-state index in [9.17, 15) is 0 Å². The summed E-state index contributed by atoms with van der Waals surface area (Å²) in [6, 6.07) is 4.78. The molecule has 26 heavy (non-hydrogen) atoms. The van der Waals surface area contributed by atoms with E-state index in [-0.39, 0.29) is 10.8 Å². The van der Waals surface area contributed by atoms with Crippen molar-refractivity contribution in [2.45, 2.75) is 118 Å². The van der Waals surface area contributed by atoms with Gasteiger partial charge in [-0.25, -0.2) is 0 Å². The summed E-state index contributed by atoms with van der Waals surface area (Å²) >= 11 is 0. The van der Waals surface area contributed by atoms with Crippen molar-refractivity contribution in [1.82, 2.24) is 0 Å². The molecule has 0 aliphatic carbocycles. The number of rotatable bonds is 9. The Balaban J connectivity index is 3.07. The third-order valence-corrected chi connectivity index (χ3v) is 5.63. The van der Waals surface area contributed by atoms with E-state index in [0.29, 0.717) is 0 Å². The Kier molecular flexibility index (Phi) is 8.70. The van der Waals surface area contributed by atoms with Crippen LogP contribution in [0, 0.1) is 5.92 Å². The molecule has 0 radical (unpaired) electrons. The lowest BCUT2D eigenvalue weighted by atomic mass is 9.77. The molecule has 0 bridgehead atoms. The van der Waals surface area contributed by atoms with E-state index >= 15 is 0 Å². The second-order valence-electron chi connectivity index (χ2n) is 10.3. The molecule has 0 fully saturated rings. The summed E-state index contributed by atoms with van der Waals surface area (Å²) in [6.45, 7) is 18.3. The first-order valence-electron chi connectivity index (χ1n) is 10.9. The largest absolute Gasteiger partial charge is 0.398 e. The molecule has 0 spiro atoms. The van der Waals surface area contributed by atoms with E-state index in [0.717, 1.165) is 11.6 Å². The average molecular weight is 360 g/mol. The Labute approximate surface area is 164 Å².